The van der Waals surface area contributed by atoms with Crippen molar-refractivity contribution < 1.29 is 9.63 Å². The van der Waals surface area contributed by atoms with Crippen LogP contribution in [0.25, 0.3) is 0 Å². The van der Waals surface area contributed by atoms with Gasteiger partial charge in [0.25, 0.3) is 0 Å². The van der Waals surface area contributed by atoms with Crippen molar-refractivity contribution in [2.75, 3.05) is 30.0 Å². The van der Waals surface area contributed by atoms with Crippen molar-refractivity contribution in [3.05, 3.63) is 80.2 Å². The fourth-order valence-corrected chi connectivity index (χ4v) is 7.75. The van der Waals surface area contributed by atoms with Crippen molar-refractivity contribution in [1.29, 1.82) is 0 Å². The molecule has 0 spiro atoms. The van der Waals surface area contributed by atoms with E-state index in [0.717, 1.165) is 73.1 Å². The van der Waals surface area contributed by atoms with Gasteiger partial charge in [-0.25, -0.2) is 0 Å². The molecule has 4 aromatic rings. The second-order valence-electron chi connectivity index (χ2n) is 13.0. The summed E-state index contributed by atoms with van der Waals surface area (Å²) in [6.45, 7) is 18.5. The Morgan fingerprint density at radius 1 is 0.696 bits per heavy atom. The number of rotatable bonds is 5. The second kappa shape index (κ2) is 13.1. The molecular formula is C37H49N7O2. The Hall–Kier alpha value is -4.40. The van der Waals surface area contributed by atoms with Crippen LogP contribution in [0.4, 0.5) is 23.0 Å². The lowest BCUT2D eigenvalue weighted by molar-refractivity contribution is 0.100. The number of carbonyl (C=O) groups is 1. The van der Waals surface area contributed by atoms with Gasteiger partial charge in [-0.2, -0.15) is 10.2 Å². The highest BCUT2D eigenvalue weighted by molar-refractivity contribution is 6.00. The molecule has 9 nitrogen and oxygen atoms in total. The predicted molar refractivity (Wildman–Crippen MR) is 188 cm³/mol. The van der Waals surface area contributed by atoms with Crippen LogP contribution in [0.15, 0.2) is 29.4 Å². The van der Waals surface area contributed by atoms with Crippen molar-refractivity contribution in [3.63, 3.8) is 0 Å². The molecule has 0 fully saturated rings. The van der Waals surface area contributed by atoms with E-state index in [1.807, 2.05) is 25.7 Å². The minimum absolute atomic E-state index is 0.0930. The van der Waals surface area contributed by atoms with Gasteiger partial charge in [-0.15, -0.1) is 0 Å². The van der Waals surface area contributed by atoms with E-state index in [1.165, 1.54) is 50.3 Å². The molecule has 0 aliphatic carbocycles. The molecule has 0 amide bonds. The van der Waals surface area contributed by atoms with Crippen molar-refractivity contribution in [1.82, 2.24) is 19.6 Å². The summed E-state index contributed by atoms with van der Waals surface area (Å²) in [6.07, 6.45) is 4.11. The number of aryl methyl sites for hydroxylation is 8. The number of fused-ring (bicyclic) bond motifs is 2. The highest BCUT2D eigenvalue weighted by Crippen LogP contribution is 2.39. The topological polar surface area (TPSA) is 80.8 Å². The lowest BCUT2D eigenvalue weighted by Gasteiger charge is -2.30. The van der Waals surface area contributed by atoms with Crippen LogP contribution >= 0.6 is 0 Å². The van der Waals surface area contributed by atoms with Crippen molar-refractivity contribution in [3.8, 4) is 0 Å². The van der Waals surface area contributed by atoms with Crippen LogP contribution in [-0.4, -0.2) is 51.3 Å². The number of carbonyl (C=O) groups excluding carboxylic acids is 1. The van der Waals surface area contributed by atoms with E-state index in [0.29, 0.717) is 0 Å². The van der Waals surface area contributed by atoms with Gasteiger partial charge < -0.3 is 14.6 Å². The van der Waals surface area contributed by atoms with Crippen LogP contribution in [0.5, 0.6) is 0 Å². The summed E-state index contributed by atoms with van der Waals surface area (Å²) >= 11 is 0. The largest absolute Gasteiger partial charge is 0.399 e. The normalized spacial score (nSPS) is 14.5. The number of oxime groups is 1. The smallest absolute Gasteiger partial charge is 0.178 e. The Kier molecular flexibility index (Phi) is 9.42. The van der Waals surface area contributed by atoms with Gasteiger partial charge in [-0.1, -0.05) is 40.5 Å². The third kappa shape index (κ3) is 6.07. The number of aromatic nitrogens is 4. The molecule has 0 saturated carbocycles. The quantitative estimate of drug-likeness (QED) is 0.131. The highest BCUT2D eigenvalue weighted by atomic mass is 16.6. The monoisotopic (exact) mass is 623 g/mol. The van der Waals surface area contributed by atoms with Gasteiger partial charge in [0, 0.05) is 56.6 Å². The van der Waals surface area contributed by atoms with Gasteiger partial charge >= 0.3 is 0 Å². The summed E-state index contributed by atoms with van der Waals surface area (Å²) in [5.74, 6) is 2.10. The summed E-state index contributed by atoms with van der Waals surface area (Å²) in [7, 11) is 5.43. The van der Waals surface area contributed by atoms with E-state index >= 15 is 0 Å². The molecule has 0 atom stereocenters. The fourth-order valence-electron chi connectivity index (χ4n) is 7.75. The lowest BCUT2D eigenvalue weighted by Crippen LogP contribution is -2.26. The van der Waals surface area contributed by atoms with Crippen LogP contribution in [0.2, 0.25) is 0 Å². The first-order valence-corrected chi connectivity index (χ1v) is 16.3. The highest BCUT2D eigenvalue weighted by Gasteiger charge is 2.30. The molecule has 2 aromatic carbocycles. The zero-order valence-corrected chi connectivity index (χ0v) is 29.5. The average molecular weight is 624 g/mol. The predicted octanol–water partition coefficient (Wildman–Crippen LogP) is 7.43. The van der Waals surface area contributed by atoms with E-state index in [4.69, 9.17) is 9.94 Å². The summed E-state index contributed by atoms with van der Waals surface area (Å²) in [6, 6.07) is 8.92. The van der Waals surface area contributed by atoms with Gasteiger partial charge in [0.05, 0.1) is 5.69 Å². The molecular weight excluding hydrogens is 574 g/mol. The molecule has 2 aliphatic rings. The number of hydrogen-bond donors (Lipinski definition) is 0. The number of anilines is 4. The summed E-state index contributed by atoms with van der Waals surface area (Å²) in [4.78, 5) is 21.6. The van der Waals surface area contributed by atoms with Crippen molar-refractivity contribution in [2.45, 2.75) is 81.1 Å². The Bertz CT molecular complexity index is 1780. The maximum absolute atomic E-state index is 11.9. The van der Waals surface area contributed by atoms with Crippen LogP contribution in [-0.2, 0) is 31.8 Å². The average Bonchev–Trinajstić information content (AvgIpc) is 3.49. The van der Waals surface area contributed by atoms with E-state index in [9.17, 15) is 4.79 Å². The van der Waals surface area contributed by atoms with Crippen molar-refractivity contribution in [2.24, 2.45) is 19.3 Å². The Balaban J connectivity index is 0.000000182. The maximum atomic E-state index is 11.9. The van der Waals surface area contributed by atoms with E-state index in [1.54, 1.807) is 18.7 Å². The lowest BCUT2D eigenvalue weighted by atomic mass is 9.99. The molecule has 4 heterocycles. The van der Waals surface area contributed by atoms with Crippen LogP contribution in [0, 0.1) is 41.5 Å². The summed E-state index contributed by atoms with van der Waals surface area (Å²) in [5.41, 5.74) is 15.3. The third-order valence-corrected chi connectivity index (χ3v) is 9.09. The number of Topliss-reactive ketones (excluding diaryl/α,β-unsaturated/α-hetero) is 1. The summed E-state index contributed by atoms with van der Waals surface area (Å²) in [5, 5.41) is 13.6. The van der Waals surface area contributed by atoms with Gasteiger partial charge in [0.2, 0.25) is 0 Å². The molecule has 9 heteroatoms. The second-order valence-corrected chi connectivity index (χ2v) is 13.0. The molecule has 2 aliphatic heterocycles. The number of ketones is 1. The van der Waals surface area contributed by atoms with Gasteiger partial charge in [0.1, 0.15) is 18.5 Å². The Labute approximate surface area is 273 Å². The Morgan fingerprint density at radius 3 is 1.48 bits per heavy atom. The van der Waals surface area contributed by atoms with Gasteiger partial charge in [-0.05, 0) is 96.4 Å². The molecule has 244 valence electrons. The van der Waals surface area contributed by atoms with Crippen molar-refractivity contribution >= 4 is 34.5 Å². The van der Waals surface area contributed by atoms with Crippen LogP contribution < -0.4 is 9.80 Å². The molecule has 0 bridgehead atoms. The number of hydrogen-bond acceptors (Lipinski definition) is 7. The van der Waals surface area contributed by atoms with E-state index in [2.05, 4.69) is 85.9 Å². The number of nitrogens with zero attached hydrogens (tertiary/aromatic N) is 7. The minimum Gasteiger partial charge on any atom is -0.399 e. The molecule has 0 unspecified atom stereocenters. The standard InChI is InChI=1S/C19H26N4O.C18H23N3O/c1-12-10-13(2)17(14(3)11-12)23-9-7-8-16-18(15(4)21-24-6)22(5)20-19(16)23;1-11-9-12(2)16(13(3)10-11)21-8-6-7-15-17(14(4)22)20(5)19-18(15)21/h10-11H,7-9H2,1-6H3;9-10H,6-8H2,1-5H3/b21-15+;. The van der Waals surface area contributed by atoms with Gasteiger partial charge in [-0.3, -0.25) is 14.2 Å². The zero-order valence-electron chi connectivity index (χ0n) is 29.5. The van der Waals surface area contributed by atoms with E-state index < -0.39 is 0 Å². The first-order chi connectivity index (χ1) is 21.8. The first-order valence-electron chi connectivity index (χ1n) is 16.3. The molecule has 0 N–H and O–H groups in total. The maximum Gasteiger partial charge on any atom is 0.178 e. The molecule has 46 heavy (non-hydrogen) atoms. The van der Waals surface area contributed by atoms with E-state index in [-0.39, 0.29) is 5.78 Å². The molecule has 2 aromatic heterocycles. The SMILES string of the molecule is CC(=O)c1c2c(nn1C)N(c1c(C)cc(C)cc1C)CCC2.CO/N=C(\C)c1c2c(nn1C)N(c1c(C)cc(C)cc1C)CCC2. The fraction of sp³-hybridized carbons (Fsp3) is 0.459. The minimum atomic E-state index is 0.0930. The zero-order chi connectivity index (χ0) is 33.4. The third-order valence-electron chi connectivity index (χ3n) is 9.09. The molecule has 0 saturated heterocycles. The summed E-state index contributed by atoms with van der Waals surface area (Å²) < 4.78 is 3.67. The van der Waals surface area contributed by atoms with Gasteiger partial charge in [0.15, 0.2) is 17.4 Å². The molecule has 0 radical (unpaired) electrons. The number of benzene rings is 2. The molecule has 6 rings (SSSR count). The first kappa shape index (κ1) is 33.0. The van der Waals surface area contributed by atoms with Crippen LogP contribution in [0.3, 0.4) is 0 Å². The Morgan fingerprint density at radius 2 is 1.09 bits per heavy atom. The van der Waals surface area contributed by atoms with Crippen LogP contribution in [0.1, 0.15) is 87.4 Å².